The lowest BCUT2D eigenvalue weighted by molar-refractivity contribution is 0.0351. The summed E-state index contributed by atoms with van der Waals surface area (Å²) in [5, 5.41) is 0. The number of fused-ring (bicyclic) bond motifs is 2. The Kier molecular flexibility index (Phi) is 5.55. The molecule has 1 aliphatic heterocycles. The molecule has 7 heteroatoms. The fourth-order valence-electron chi connectivity index (χ4n) is 5.03. The van der Waals surface area contributed by atoms with Crippen molar-refractivity contribution in [3.63, 3.8) is 0 Å². The van der Waals surface area contributed by atoms with Gasteiger partial charge in [-0.2, -0.15) is 0 Å². The Labute approximate surface area is 186 Å². The van der Waals surface area contributed by atoms with Crippen molar-refractivity contribution in [1.29, 1.82) is 0 Å². The molecule has 2 fully saturated rings. The largest absolute Gasteiger partial charge is 0.475 e. The molecule has 32 heavy (non-hydrogen) atoms. The van der Waals surface area contributed by atoms with Crippen LogP contribution in [-0.4, -0.2) is 44.4 Å². The second kappa shape index (κ2) is 8.65. The summed E-state index contributed by atoms with van der Waals surface area (Å²) in [5.74, 6) is 1.10. The number of nitrogens with zero attached hydrogens (tertiary/aromatic N) is 4. The van der Waals surface area contributed by atoms with E-state index in [0.29, 0.717) is 29.8 Å². The number of likely N-dealkylation sites (tertiary alicyclic amines) is 1. The highest BCUT2D eigenvalue weighted by molar-refractivity contribution is 6.00. The normalized spacial score (nSPS) is 22.1. The first kappa shape index (κ1) is 20.5. The van der Waals surface area contributed by atoms with Crippen molar-refractivity contribution in [2.24, 2.45) is 5.92 Å². The van der Waals surface area contributed by atoms with Crippen LogP contribution in [0.2, 0.25) is 0 Å². The molecule has 1 aromatic carbocycles. The van der Waals surface area contributed by atoms with Gasteiger partial charge in [0.2, 0.25) is 5.88 Å². The summed E-state index contributed by atoms with van der Waals surface area (Å²) in [6, 6.07) is 10.6. The van der Waals surface area contributed by atoms with Gasteiger partial charge in [0.05, 0.1) is 17.8 Å². The molecule has 164 valence electrons. The van der Waals surface area contributed by atoms with E-state index in [-0.39, 0.29) is 18.0 Å². The Morgan fingerprint density at radius 3 is 2.75 bits per heavy atom. The molecule has 0 N–H and O–H groups in total. The predicted octanol–water partition coefficient (Wildman–Crippen LogP) is 4.45. The van der Waals surface area contributed by atoms with E-state index < -0.39 is 5.82 Å². The molecule has 0 radical (unpaired) electrons. The van der Waals surface area contributed by atoms with Crippen LogP contribution in [0.5, 0.6) is 5.88 Å². The first-order valence-electron chi connectivity index (χ1n) is 11.0. The Bertz CT molecular complexity index is 1110. The summed E-state index contributed by atoms with van der Waals surface area (Å²) in [6.45, 7) is 2.31. The van der Waals surface area contributed by atoms with E-state index in [0.717, 1.165) is 43.0 Å². The van der Waals surface area contributed by atoms with Gasteiger partial charge in [0, 0.05) is 30.1 Å². The number of aromatic nitrogens is 3. The summed E-state index contributed by atoms with van der Waals surface area (Å²) in [4.78, 5) is 28.7. The highest BCUT2D eigenvalue weighted by Gasteiger charge is 2.43. The zero-order valence-electron chi connectivity index (χ0n) is 17.9. The summed E-state index contributed by atoms with van der Waals surface area (Å²) < 4.78 is 19.1. The van der Waals surface area contributed by atoms with Gasteiger partial charge in [-0.25, -0.2) is 19.3 Å². The molecule has 2 bridgehead atoms. The molecule has 0 spiro atoms. The Balaban J connectivity index is 1.45. The third kappa shape index (κ3) is 4.07. The fourth-order valence-corrected chi connectivity index (χ4v) is 5.03. The molecule has 3 aromatic rings. The van der Waals surface area contributed by atoms with Crippen molar-refractivity contribution < 1.29 is 13.9 Å². The highest BCUT2D eigenvalue weighted by atomic mass is 19.1. The van der Waals surface area contributed by atoms with Gasteiger partial charge in [-0.05, 0) is 56.7 Å². The van der Waals surface area contributed by atoms with Gasteiger partial charge in [0.15, 0.2) is 5.82 Å². The zero-order valence-corrected chi connectivity index (χ0v) is 17.9. The van der Waals surface area contributed by atoms with Crippen LogP contribution >= 0.6 is 0 Å². The molecular formula is C25H25FN4O2. The molecule has 3 heterocycles. The van der Waals surface area contributed by atoms with Crippen molar-refractivity contribution in [2.45, 2.75) is 44.7 Å². The first-order chi connectivity index (χ1) is 15.6. The molecule has 6 nitrogen and oxygen atoms in total. The number of halogens is 1. The monoisotopic (exact) mass is 432 g/mol. The molecule has 5 rings (SSSR count). The average Bonchev–Trinajstić information content (AvgIpc) is 3.20. The Hall–Kier alpha value is -3.35. The van der Waals surface area contributed by atoms with E-state index in [1.807, 2.05) is 30.0 Å². The Morgan fingerprint density at radius 1 is 1.12 bits per heavy atom. The third-order valence-corrected chi connectivity index (χ3v) is 6.48. The molecule has 2 aliphatic rings. The van der Waals surface area contributed by atoms with Crippen molar-refractivity contribution in [3.8, 4) is 17.3 Å². The Morgan fingerprint density at radius 2 is 1.97 bits per heavy atom. The lowest BCUT2D eigenvalue weighted by Crippen LogP contribution is -2.51. The van der Waals surface area contributed by atoms with Gasteiger partial charge in [0.25, 0.3) is 5.91 Å². The van der Waals surface area contributed by atoms with Crippen LogP contribution in [0.1, 0.15) is 41.6 Å². The van der Waals surface area contributed by atoms with Gasteiger partial charge in [-0.3, -0.25) is 4.79 Å². The van der Waals surface area contributed by atoms with Crippen LogP contribution < -0.4 is 4.74 Å². The van der Waals surface area contributed by atoms with Gasteiger partial charge in [-0.1, -0.05) is 17.7 Å². The summed E-state index contributed by atoms with van der Waals surface area (Å²) in [7, 11) is 0. The number of carbonyl (C=O) groups is 1. The molecular weight excluding hydrogens is 407 g/mol. The average molecular weight is 432 g/mol. The maximum atomic E-state index is 13.9. The van der Waals surface area contributed by atoms with E-state index >= 15 is 0 Å². The van der Waals surface area contributed by atoms with Crippen LogP contribution in [0, 0.1) is 18.7 Å². The minimum Gasteiger partial charge on any atom is -0.475 e. The minimum atomic E-state index is -0.403. The number of benzene rings is 1. The van der Waals surface area contributed by atoms with Gasteiger partial charge in [0.1, 0.15) is 12.4 Å². The van der Waals surface area contributed by atoms with E-state index in [1.54, 1.807) is 18.5 Å². The number of pyridine rings is 1. The second-order valence-corrected chi connectivity index (χ2v) is 8.68. The molecule has 2 aromatic heterocycles. The third-order valence-electron chi connectivity index (χ3n) is 6.48. The number of ether oxygens (including phenoxy) is 1. The number of amides is 1. The quantitative estimate of drug-likeness (QED) is 0.596. The van der Waals surface area contributed by atoms with Crippen LogP contribution in [0.3, 0.4) is 0 Å². The van der Waals surface area contributed by atoms with E-state index in [2.05, 4.69) is 15.0 Å². The minimum absolute atomic E-state index is 0.0119. The topological polar surface area (TPSA) is 68.2 Å². The lowest BCUT2D eigenvalue weighted by atomic mass is 9.91. The molecule has 1 aliphatic carbocycles. The number of aryl methyl sites for hydroxylation is 1. The summed E-state index contributed by atoms with van der Waals surface area (Å²) in [6.07, 6.45) is 8.57. The number of hydrogen-bond donors (Lipinski definition) is 0. The SMILES string of the molecule is Cc1ccc(-c2ncccn2)c(C(=O)N2C3CCC(C3)CC2COc2ccc(F)cn2)c1. The molecule has 3 unspecified atom stereocenters. The standard InChI is InChI=1S/C25H25FN4O2/c1-16-3-7-21(24-27-9-2-10-28-24)22(11-16)25(31)30-19-6-4-17(12-19)13-20(30)15-32-23-8-5-18(26)14-29-23/h2-3,5,7-11,14,17,19-20H,4,6,12-13,15H2,1H3. The highest BCUT2D eigenvalue weighted by Crippen LogP contribution is 2.41. The zero-order chi connectivity index (χ0) is 22.1. The van der Waals surface area contributed by atoms with Crippen LogP contribution in [0.25, 0.3) is 11.4 Å². The fraction of sp³-hybridized carbons (Fsp3) is 0.360. The molecule has 3 atom stereocenters. The summed E-state index contributed by atoms with van der Waals surface area (Å²) >= 11 is 0. The molecule has 1 saturated heterocycles. The number of carbonyl (C=O) groups excluding carboxylic acids is 1. The van der Waals surface area contributed by atoms with Crippen molar-refractivity contribution >= 4 is 5.91 Å². The maximum absolute atomic E-state index is 13.9. The molecule has 1 amide bonds. The van der Waals surface area contributed by atoms with Crippen LogP contribution in [-0.2, 0) is 0 Å². The number of rotatable bonds is 5. The smallest absolute Gasteiger partial charge is 0.255 e. The van der Waals surface area contributed by atoms with Crippen LogP contribution in [0.4, 0.5) is 4.39 Å². The number of hydrogen-bond acceptors (Lipinski definition) is 5. The maximum Gasteiger partial charge on any atom is 0.255 e. The predicted molar refractivity (Wildman–Crippen MR) is 118 cm³/mol. The lowest BCUT2D eigenvalue weighted by Gasteiger charge is -2.41. The van der Waals surface area contributed by atoms with E-state index in [1.165, 1.54) is 12.1 Å². The van der Waals surface area contributed by atoms with E-state index in [9.17, 15) is 9.18 Å². The van der Waals surface area contributed by atoms with Crippen molar-refractivity contribution in [3.05, 3.63) is 71.9 Å². The number of piperidine rings is 1. The van der Waals surface area contributed by atoms with E-state index in [4.69, 9.17) is 4.74 Å². The summed E-state index contributed by atoms with van der Waals surface area (Å²) in [5.41, 5.74) is 2.37. The van der Waals surface area contributed by atoms with Crippen molar-refractivity contribution in [2.75, 3.05) is 6.61 Å². The van der Waals surface area contributed by atoms with Crippen LogP contribution in [0.15, 0.2) is 55.0 Å². The van der Waals surface area contributed by atoms with Gasteiger partial charge >= 0.3 is 0 Å². The molecule has 1 saturated carbocycles. The second-order valence-electron chi connectivity index (χ2n) is 8.68. The van der Waals surface area contributed by atoms with Crippen molar-refractivity contribution in [1.82, 2.24) is 19.9 Å². The van der Waals surface area contributed by atoms with Gasteiger partial charge < -0.3 is 9.64 Å². The first-order valence-corrected chi connectivity index (χ1v) is 11.0. The van der Waals surface area contributed by atoms with Gasteiger partial charge in [-0.15, -0.1) is 0 Å².